The van der Waals surface area contributed by atoms with Crippen LogP contribution in [0, 0.1) is 3.57 Å². The molecule has 0 unspecified atom stereocenters. The average molecular weight is 390 g/mol. The Morgan fingerprint density at radius 1 is 1.26 bits per heavy atom. The van der Waals surface area contributed by atoms with Crippen molar-refractivity contribution in [1.29, 1.82) is 0 Å². The predicted molar refractivity (Wildman–Crippen MR) is 84.6 cm³/mol. The van der Waals surface area contributed by atoms with E-state index in [4.69, 9.17) is 11.6 Å². The molecule has 2 N–H and O–H groups in total. The number of hydrogen-bond acceptors (Lipinski definition) is 4. The lowest BCUT2D eigenvalue weighted by Gasteiger charge is -2.25. The first-order valence-corrected chi connectivity index (χ1v) is 7.53. The number of aromatic nitrogens is 3. The van der Waals surface area contributed by atoms with Crippen LogP contribution in [0.5, 0.6) is 0 Å². The Bertz CT molecular complexity index is 579. The van der Waals surface area contributed by atoms with Crippen molar-refractivity contribution in [2.45, 2.75) is 0 Å². The normalized spacial score (nSPS) is 15.8. The number of H-pyrrole nitrogens is 1. The molecule has 19 heavy (non-hydrogen) atoms. The van der Waals surface area contributed by atoms with Gasteiger partial charge >= 0.3 is 0 Å². The van der Waals surface area contributed by atoms with Crippen molar-refractivity contribution >= 4 is 40.1 Å². The van der Waals surface area contributed by atoms with Crippen LogP contribution in [-0.4, -0.2) is 41.4 Å². The summed E-state index contributed by atoms with van der Waals surface area (Å²) in [6.07, 6.45) is 0. The van der Waals surface area contributed by atoms with E-state index in [9.17, 15) is 0 Å². The lowest BCUT2D eigenvalue weighted by atomic mass is 10.2. The highest BCUT2D eigenvalue weighted by Gasteiger charge is 2.16. The smallest absolute Gasteiger partial charge is 0.245 e. The van der Waals surface area contributed by atoms with E-state index in [-0.39, 0.29) is 0 Å². The van der Waals surface area contributed by atoms with Crippen LogP contribution in [-0.2, 0) is 0 Å². The first kappa shape index (κ1) is 13.1. The van der Waals surface area contributed by atoms with Gasteiger partial charge in [-0.1, -0.05) is 11.6 Å². The summed E-state index contributed by atoms with van der Waals surface area (Å²) in [6, 6.07) is 5.76. The second-order valence-corrected chi connectivity index (χ2v) is 5.94. The molecule has 1 aliphatic rings. The van der Waals surface area contributed by atoms with E-state index < -0.39 is 0 Å². The Morgan fingerprint density at radius 2 is 2.05 bits per heavy atom. The molecule has 7 heteroatoms. The third-order valence-corrected chi connectivity index (χ3v) is 4.23. The van der Waals surface area contributed by atoms with Crippen molar-refractivity contribution in [2.24, 2.45) is 0 Å². The minimum atomic E-state index is 0.704. The number of nitrogens with zero attached hydrogens (tertiary/aromatic N) is 3. The first-order valence-electron chi connectivity index (χ1n) is 6.07. The van der Waals surface area contributed by atoms with Gasteiger partial charge in [0, 0.05) is 40.3 Å². The van der Waals surface area contributed by atoms with Crippen LogP contribution in [0.15, 0.2) is 18.2 Å². The predicted octanol–water partition coefficient (Wildman–Crippen LogP) is 2.14. The number of piperazine rings is 1. The second-order valence-electron chi connectivity index (χ2n) is 4.35. The standard InChI is InChI=1S/C12H13ClIN5/c13-8-1-2-10(14)9(7-8)11-16-12(18-17-11)19-5-3-15-4-6-19/h1-2,7,15H,3-6H2,(H,16,17,18). The van der Waals surface area contributed by atoms with Gasteiger partial charge < -0.3 is 10.2 Å². The van der Waals surface area contributed by atoms with Crippen molar-refractivity contribution in [3.8, 4) is 11.4 Å². The van der Waals surface area contributed by atoms with Gasteiger partial charge in [-0.05, 0) is 40.8 Å². The number of anilines is 1. The summed E-state index contributed by atoms with van der Waals surface area (Å²) in [6.45, 7) is 3.81. The molecule has 0 aliphatic carbocycles. The topological polar surface area (TPSA) is 56.8 Å². The molecule has 0 saturated carbocycles. The largest absolute Gasteiger partial charge is 0.337 e. The Morgan fingerprint density at radius 3 is 2.84 bits per heavy atom. The van der Waals surface area contributed by atoms with Crippen molar-refractivity contribution in [3.63, 3.8) is 0 Å². The zero-order valence-corrected chi connectivity index (χ0v) is 13.1. The minimum Gasteiger partial charge on any atom is -0.337 e. The molecule has 0 amide bonds. The van der Waals surface area contributed by atoms with Crippen LogP contribution in [0.4, 0.5) is 5.95 Å². The quantitative estimate of drug-likeness (QED) is 0.773. The summed E-state index contributed by atoms with van der Waals surface area (Å²) < 4.78 is 1.10. The summed E-state index contributed by atoms with van der Waals surface area (Å²) in [5.41, 5.74) is 0.988. The Kier molecular flexibility index (Phi) is 3.90. The van der Waals surface area contributed by atoms with Crippen LogP contribution < -0.4 is 10.2 Å². The number of rotatable bonds is 2. The van der Waals surface area contributed by atoms with Gasteiger partial charge in [-0.3, -0.25) is 5.10 Å². The highest BCUT2D eigenvalue weighted by atomic mass is 127. The third-order valence-electron chi connectivity index (χ3n) is 3.06. The summed E-state index contributed by atoms with van der Waals surface area (Å²) in [5.74, 6) is 1.52. The zero-order valence-electron chi connectivity index (χ0n) is 10.2. The van der Waals surface area contributed by atoms with E-state index in [1.165, 1.54) is 0 Å². The Labute approximate surface area is 129 Å². The number of aromatic amines is 1. The molecule has 0 bridgehead atoms. The van der Waals surface area contributed by atoms with Gasteiger partial charge in [0.15, 0.2) is 5.82 Å². The molecule has 0 atom stereocenters. The molecule has 1 aromatic carbocycles. The number of halogens is 2. The Balaban J connectivity index is 1.89. The van der Waals surface area contributed by atoms with Gasteiger partial charge in [0.1, 0.15) is 0 Å². The van der Waals surface area contributed by atoms with E-state index >= 15 is 0 Å². The lowest BCUT2D eigenvalue weighted by molar-refractivity contribution is 0.580. The van der Waals surface area contributed by atoms with Gasteiger partial charge in [-0.25, -0.2) is 0 Å². The van der Waals surface area contributed by atoms with E-state index in [2.05, 4.69) is 48.0 Å². The van der Waals surface area contributed by atoms with Crippen LogP contribution in [0.3, 0.4) is 0 Å². The molecular formula is C12H13ClIN5. The number of hydrogen-bond donors (Lipinski definition) is 2. The molecular weight excluding hydrogens is 377 g/mol. The summed E-state index contributed by atoms with van der Waals surface area (Å²) in [4.78, 5) is 6.75. The molecule has 0 radical (unpaired) electrons. The summed E-state index contributed by atoms with van der Waals surface area (Å²) >= 11 is 8.31. The number of nitrogens with one attached hydrogen (secondary N) is 2. The van der Waals surface area contributed by atoms with Crippen LogP contribution in [0.25, 0.3) is 11.4 Å². The molecule has 2 aromatic rings. The fourth-order valence-electron chi connectivity index (χ4n) is 2.06. The SMILES string of the molecule is Clc1ccc(I)c(-c2nc(N3CCNCC3)n[nH]2)c1. The minimum absolute atomic E-state index is 0.704. The van der Waals surface area contributed by atoms with Gasteiger partial charge in [0.2, 0.25) is 5.95 Å². The van der Waals surface area contributed by atoms with Crippen molar-refractivity contribution in [3.05, 3.63) is 26.8 Å². The Hall–Kier alpha value is -0.860. The monoisotopic (exact) mass is 389 g/mol. The van der Waals surface area contributed by atoms with Crippen molar-refractivity contribution < 1.29 is 0 Å². The molecule has 2 heterocycles. The molecule has 1 aliphatic heterocycles. The van der Waals surface area contributed by atoms with E-state index in [0.717, 1.165) is 47.1 Å². The molecule has 1 saturated heterocycles. The summed E-state index contributed by atoms with van der Waals surface area (Å²) in [5, 5.41) is 11.3. The number of benzene rings is 1. The van der Waals surface area contributed by atoms with Crippen molar-refractivity contribution in [2.75, 3.05) is 31.1 Å². The zero-order chi connectivity index (χ0) is 13.2. The van der Waals surface area contributed by atoms with Crippen LogP contribution in [0.1, 0.15) is 0 Å². The fourth-order valence-corrected chi connectivity index (χ4v) is 2.82. The molecule has 1 fully saturated rings. The van der Waals surface area contributed by atoms with Crippen LogP contribution >= 0.6 is 34.2 Å². The van der Waals surface area contributed by atoms with E-state index in [1.807, 2.05) is 18.2 Å². The molecule has 3 rings (SSSR count). The summed E-state index contributed by atoms with van der Waals surface area (Å²) in [7, 11) is 0. The fraction of sp³-hybridized carbons (Fsp3) is 0.333. The maximum atomic E-state index is 6.04. The van der Waals surface area contributed by atoms with Gasteiger partial charge in [-0.2, -0.15) is 4.98 Å². The highest BCUT2D eigenvalue weighted by molar-refractivity contribution is 14.1. The van der Waals surface area contributed by atoms with Crippen LogP contribution in [0.2, 0.25) is 5.02 Å². The second kappa shape index (κ2) is 5.64. The average Bonchev–Trinajstić information content (AvgIpc) is 2.92. The molecule has 1 aromatic heterocycles. The van der Waals surface area contributed by atoms with E-state index in [1.54, 1.807) is 0 Å². The van der Waals surface area contributed by atoms with Gasteiger partial charge in [0.05, 0.1) is 0 Å². The molecule has 5 nitrogen and oxygen atoms in total. The van der Waals surface area contributed by atoms with E-state index in [0.29, 0.717) is 5.02 Å². The maximum absolute atomic E-state index is 6.04. The molecule has 100 valence electrons. The lowest BCUT2D eigenvalue weighted by Crippen LogP contribution is -2.44. The molecule has 0 spiro atoms. The van der Waals surface area contributed by atoms with Gasteiger partial charge in [0.25, 0.3) is 0 Å². The highest BCUT2D eigenvalue weighted by Crippen LogP contribution is 2.26. The first-order chi connectivity index (χ1) is 9.24. The maximum Gasteiger partial charge on any atom is 0.245 e. The van der Waals surface area contributed by atoms with Gasteiger partial charge in [-0.15, -0.1) is 5.10 Å². The van der Waals surface area contributed by atoms with Crippen molar-refractivity contribution in [1.82, 2.24) is 20.5 Å². The third kappa shape index (κ3) is 2.85.